The Balaban J connectivity index is 2.23. The van der Waals surface area contributed by atoms with Crippen molar-refractivity contribution in [3.8, 4) is 5.75 Å². The van der Waals surface area contributed by atoms with Crippen LogP contribution >= 0.6 is 0 Å². The van der Waals surface area contributed by atoms with Crippen LogP contribution in [-0.2, 0) is 14.3 Å². The summed E-state index contributed by atoms with van der Waals surface area (Å²) in [5.41, 5.74) is 1.06. The molecular formula is C13H14O5. The molecule has 1 aromatic carbocycles. The van der Waals surface area contributed by atoms with E-state index in [1.54, 1.807) is 12.1 Å². The van der Waals surface area contributed by atoms with Crippen molar-refractivity contribution < 1.29 is 23.8 Å². The highest BCUT2D eigenvalue weighted by atomic mass is 16.7. The third kappa shape index (κ3) is 5.16. The topological polar surface area (TPSA) is 61.8 Å². The van der Waals surface area contributed by atoms with Crippen LogP contribution in [0, 0.1) is 6.92 Å². The molecule has 18 heavy (non-hydrogen) atoms. The molecule has 1 aromatic rings. The van der Waals surface area contributed by atoms with E-state index in [0.717, 1.165) is 11.6 Å². The third-order valence-electron chi connectivity index (χ3n) is 1.94. The van der Waals surface area contributed by atoms with Gasteiger partial charge in [0.2, 0.25) is 0 Å². The second-order valence-electron chi connectivity index (χ2n) is 3.39. The minimum absolute atomic E-state index is 0.0339. The van der Waals surface area contributed by atoms with Crippen LogP contribution < -0.4 is 4.74 Å². The molecule has 0 radical (unpaired) electrons. The van der Waals surface area contributed by atoms with Crippen molar-refractivity contribution in [3.63, 3.8) is 0 Å². The molecular weight excluding hydrogens is 236 g/mol. The van der Waals surface area contributed by atoms with Crippen LogP contribution in [0.15, 0.2) is 36.9 Å². The molecule has 0 heterocycles. The predicted molar refractivity (Wildman–Crippen MR) is 64.3 cm³/mol. The maximum atomic E-state index is 11.2. The molecule has 0 aliphatic rings. The zero-order valence-electron chi connectivity index (χ0n) is 10.0. The van der Waals surface area contributed by atoms with Gasteiger partial charge in [-0.05, 0) is 19.1 Å². The SMILES string of the molecule is C=CC(=O)OCCOC(=O)Oc1ccc(C)cc1. The van der Waals surface area contributed by atoms with Crippen LogP contribution in [-0.4, -0.2) is 25.3 Å². The fourth-order valence-electron chi connectivity index (χ4n) is 1.06. The number of carbonyl (C=O) groups is 2. The number of hydrogen-bond donors (Lipinski definition) is 0. The van der Waals surface area contributed by atoms with Crippen molar-refractivity contribution in [3.05, 3.63) is 42.5 Å². The Bertz CT molecular complexity index is 422. The molecule has 0 bridgehead atoms. The van der Waals surface area contributed by atoms with Gasteiger partial charge in [0, 0.05) is 6.08 Å². The summed E-state index contributed by atoms with van der Waals surface area (Å²) in [6.07, 6.45) is 0.193. The number of carbonyl (C=O) groups excluding carboxylic acids is 2. The molecule has 0 aliphatic carbocycles. The minimum Gasteiger partial charge on any atom is -0.459 e. The van der Waals surface area contributed by atoms with E-state index < -0.39 is 12.1 Å². The average molecular weight is 250 g/mol. The summed E-state index contributed by atoms with van der Waals surface area (Å²) in [4.78, 5) is 21.9. The van der Waals surface area contributed by atoms with Gasteiger partial charge in [-0.1, -0.05) is 24.3 Å². The van der Waals surface area contributed by atoms with Crippen molar-refractivity contribution in [1.82, 2.24) is 0 Å². The van der Waals surface area contributed by atoms with Crippen molar-refractivity contribution in [2.45, 2.75) is 6.92 Å². The van der Waals surface area contributed by atoms with E-state index in [1.807, 2.05) is 19.1 Å². The number of benzene rings is 1. The van der Waals surface area contributed by atoms with E-state index in [-0.39, 0.29) is 13.2 Å². The zero-order valence-corrected chi connectivity index (χ0v) is 10.0. The summed E-state index contributed by atoms with van der Waals surface area (Å²) in [5.74, 6) is -0.167. The van der Waals surface area contributed by atoms with Gasteiger partial charge >= 0.3 is 12.1 Å². The quantitative estimate of drug-likeness (QED) is 0.347. The monoisotopic (exact) mass is 250 g/mol. The standard InChI is InChI=1S/C13H14O5/c1-3-12(14)16-8-9-17-13(15)18-11-6-4-10(2)5-7-11/h3-7H,1,8-9H2,2H3. The van der Waals surface area contributed by atoms with Gasteiger partial charge in [-0.15, -0.1) is 0 Å². The minimum atomic E-state index is -0.839. The van der Waals surface area contributed by atoms with Crippen molar-refractivity contribution in [2.24, 2.45) is 0 Å². The van der Waals surface area contributed by atoms with Gasteiger partial charge in [-0.3, -0.25) is 0 Å². The largest absolute Gasteiger partial charge is 0.513 e. The first-order valence-electron chi connectivity index (χ1n) is 5.32. The molecule has 0 saturated heterocycles. The molecule has 0 amide bonds. The van der Waals surface area contributed by atoms with Crippen molar-refractivity contribution in [1.29, 1.82) is 0 Å². The summed E-state index contributed by atoms with van der Waals surface area (Å²) in [6.45, 7) is 5.06. The summed E-state index contributed by atoms with van der Waals surface area (Å²) in [6, 6.07) is 6.95. The smallest absolute Gasteiger partial charge is 0.459 e. The lowest BCUT2D eigenvalue weighted by Gasteiger charge is -2.06. The highest BCUT2D eigenvalue weighted by molar-refractivity contribution is 5.81. The van der Waals surface area contributed by atoms with Crippen LogP contribution in [0.3, 0.4) is 0 Å². The molecule has 0 fully saturated rings. The molecule has 0 spiro atoms. The first kappa shape index (κ1) is 13.8. The Labute approximate surface area is 105 Å². The van der Waals surface area contributed by atoms with Crippen LogP contribution in [0.5, 0.6) is 5.75 Å². The van der Waals surface area contributed by atoms with E-state index in [2.05, 4.69) is 11.3 Å². The molecule has 0 aromatic heterocycles. The Morgan fingerprint density at radius 2 is 1.78 bits per heavy atom. The first-order valence-corrected chi connectivity index (χ1v) is 5.32. The Hall–Kier alpha value is -2.30. The fraction of sp³-hybridized carbons (Fsp3) is 0.231. The van der Waals surface area contributed by atoms with Gasteiger partial charge in [0.25, 0.3) is 0 Å². The second-order valence-corrected chi connectivity index (χ2v) is 3.39. The highest BCUT2D eigenvalue weighted by Gasteiger charge is 2.06. The molecule has 96 valence electrons. The van der Waals surface area contributed by atoms with Gasteiger partial charge in [0.05, 0.1) is 0 Å². The normalized spacial score (nSPS) is 9.39. The number of hydrogen-bond acceptors (Lipinski definition) is 5. The number of esters is 1. The number of rotatable bonds is 5. The predicted octanol–water partition coefficient (Wildman–Crippen LogP) is 2.24. The van der Waals surface area contributed by atoms with Crippen LogP contribution in [0.25, 0.3) is 0 Å². The molecule has 0 saturated carbocycles. The fourth-order valence-corrected chi connectivity index (χ4v) is 1.06. The summed E-state index contributed by atoms with van der Waals surface area (Å²) >= 11 is 0. The Morgan fingerprint density at radius 3 is 2.39 bits per heavy atom. The maximum Gasteiger partial charge on any atom is 0.513 e. The van der Waals surface area contributed by atoms with Gasteiger partial charge in [-0.25, -0.2) is 9.59 Å². The summed E-state index contributed by atoms with van der Waals surface area (Å²) in [5, 5.41) is 0. The van der Waals surface area contributed by atoms with E-state index in [1.165, 1.54) is 0 Å². The van der Waals surface area contributed by atoms with Gasteiger partial charge < -0.3 is 14.2 Å². The lowest BCUT2D eigenvalue weighted by molar-refractivity contribution is -0.138. The maximum absolute atomic E-state index is 11.2. The van der Waals surface area contributed by atoms with E-state index in [0.29, 0.717) is 5.75 Å². The first-order chi connectivity index (χ1) is 8.61. The molecule has 0 aliphatic heterocycles. The Morgan fingerprint density at radius 1 is 1.17 bits per heavy atom. The molecule has 0 N–H and O–H groups in total. The van der Waals surface area contributed by atoms with Crippen LogP contribution in [0.2, 0.25) is 0 Å². The van der Waals surface area contributed by atoms with E-state index >= 15 is 0 Å². The molecule has 0 unspecified atom stereocenters. The van der Waals surface area contributed by atoms with Gasteiger partial charge in [0.1, 0.15) is 19.0 Å². The van der Waals surface area contributed by atoms with E-state index in [9.17, 15) is 9.59 Å². The Kier molecular flexibility index (Phi) is 5.44. The molecule has 5 nitrogen and oxygen atoms in total. The summed E-state index contributed by atoms with van der Waals surface area (Å²) < 4.78 is 14.2. The van der Waals surface area contributed by atoms with Crippen LogP contribution in [0.4, 0.5) is 4.79 Å². The number of aryl methyl sites for hydroxylation is 1. The third-order valence-corrected chi connectivity index (χ3v) is 1.94. The second kappa shape index (κ2) is 7.11. The molecule has 5 heteroatoms. The zero-order chi connectivity index (χ0) is 13.4. The van der Waals surface area contributed by atoms with Gasteiger partial charge in [0.15, 0.2) is 0 Å². The van der Waals surface area contributed by atoms with Crippen molar-refractivity contribution >= 4 is 12.1 Å². The van der Waals surface area contributed by atoms with Crippen LogP contribution in [0.1, 0.15) is 5.56 Å². The number of ether oxygens (including phenoxy) is 3. The lowest BCUT2D eigenvalue weighted by Crippen LogP contribution is -2.15. The molecule has 0 atom stereocenters. The van der Waals surface area contributed by atoms with E-state index in [4.69, 9.17) is 9.47 Å². The average Bonchev–Trinajstić information content (AvgIpc) is 2.37. The summed E-state index contributed by atoms with van der Waals surface area (Å²) in [7, 11) is 0. The molecule has 1 rings (SSSR count). The van der Waals surface area contributed by atoms with Gasteiger partial charge in [-0.2, -0.15) is 0 Å². The van der Waals surface area contributed by atoms with Crippen molar-refractivity contribution in [2.75, 3.05) is 13.2 Å². The lowest BCUT2D eigenvalue weighted by atomic mass is 10.2. The highest BCUT2D eigenvalue weighted by Crippen LogP contribution is 2.11.